The van der Waals surface area contributed by atoms with Crippen molar-refractivity contribution in [2.45, 2.75) is 56.8 Å². The highest BCUT2D eigenvalue weighted by Crippen LogP contribution is 2.37. The van der Waals surface area contributed by atoms with E-state index in [-0.39, 0.29) is 41.2 Å². The molecule has 0 spiro atoms. The first-order valence-corrected chi connectivity index (χ1v) is 25.5. The topological polar surface area (TPSA) is 302 Å². The molecule has 1 aliphatic heterocycles. The number of nitrogens with zero attached hydrogens (tertiary/aromatic N) is 2. The largest absolute Gasteiger partial charge is 0.778 e. The lowest BCUT2D eigenvalue weighted by molar-refractivity contribution is -0.385. The maximum atomic E-state index is 12.7. The summed E-state index contributed by atoms with van der Waals surface area (Å²) in [5.41, 5.74) is 0.877. The zero-order valence-electron chi connectivity index (χ0n) is 34.7. The van der Waals surface area contributed by atoms with E-state index in [4.69, 9.17) is 37.9 Å². The highest BCUT2D eigenvalue weighted by Gasteiger charge is 2.41. The second-order valence-electron chi connectivity index (χ2n) is 14.2. The number of benzene rings is 2. The van der Waals surface area contributed by atoms with Gasteiger partial charge in [-0.05, 0) is 91.9 Å². The number of anilines is 1. The SMILES string of the molecule is CCOC(=O)/C(Cl)=C/c1cc(N2C(=O)C3=C(CCCC3)C2=O)ccc1Cl.CS(=O)(=O)c1ccc(C(=O)C2C(=O)CCCC2=O)c([N+](=O)[O-])c1.C[S+](C)C.O=C(O)CNCP(=O)([O-])O. The van der Waals surface area contributed by atoms with Crippen molar-refractivity contribution in [1.82, 2.24) is 5.32 Å². The van der Waals surface area contributed by atoms with Gasteiger partial charge in [0.05, 0.1) is 59.3 Å². The number of carboxylic acids is 1. The summed E-state index contributed by atoms with van der Waals surface area (Å²) in [4.78, 5) is 112. The number of sulfone groups is 1. The van der Waals surface area contributed by atoms with E-state index in [0.717, 1.165) is 37.3 Å². The van der Waals surface area contributed by atoms with Crippen molar-refractivity contribution in [3.05, 3.63) is 78.8 Å². The maximum absolute atomic E-state index is 12.7. The summed E-state index contributed by atoms with van der Waals surface area (Å²) in [5.74, 6) is -6.01. The molecule has 1 saturated carbocycles. The highest BCUT2D eigenvalue weighted by atomic mass is 35.5. The fraction of sp³-hybridized carbons (Fsp3) is 0.410. The zero-order chi connectivity index (χ0) is 48.0. The number of carbonyl (C=O) groups is 7. The Bertz CT molecular complexity index is 2320. The molecule has 0 bridgehead atoms. The fourth-order valence-electron chi connectivity index (χ4n) is 5.91. The van der Waals surface area contributed by atoms with Gasteiger partial charge in [0.2, 0.25) is 0 Å². The molecule has 3 aliphatic rings. The predicted octanol–water partition coefficient (Wildman–Crippen LogP) is 4.00. The zero-order valence-corrected chi connectivity index (χ0v) is 38.8. The lowest BCUT2D eigenvalue weighted by Gasteiger charge is -2.18. The minimum Gasteiger partial charge on any atom is -0.778 e. The molecule has 5 rings (SSSR count). The first kappa shape index (κ1) is 54.5. The van der Waals surface area contributed by atoms with Crippen LogP contribution >= 0.6 is 30.8 Å². The Morgan fingerprint density at radius 3 is 1.98 bits per heavy atom. The number of rotatable bonds is 12. The van der Waals surface area contributed by atoms with Crippen LogP contribution in [0.3, 0.4) is 0 Å². The molecule has 0 radical (unpaired) electrons. The summed E-state index contributed by atoms with van der Waals surface area (Å²) < 4.78 is 37.7. The van der Waals surface area contributed by atoms with Crippen LogP contribution in [0.2, 0.25) is 5.02 Å². The van der Waals surface area contributed by atoms with Crippen LogP contribution in [0.15, 0.2) is 57.5 Å². The highest BCUT2D eigenvalue weighted by molar-refractivity contribution is 7.94. The summed E-state index contributed by atoms with van der Waals surface area (Å²) >= 11 is 12.1. The first-order valence-electron chi connectivity index (χ1n) is 18.7. The number of hydrogen-bond donors (Lipinski definition) is 3. The van der Waals surface area contributed by atoms with Gasteiger partial charge in [-0.1, -0.05) is 23.2 Å². The number of ether oxygens (including phenoxy) is 1. The van der Waals surface area contributed by atoms with E-state index in [1.54, 1.807) is 25.1 Å². The summed E-state index contributed by atoms with van der Waals surface area (Å²) in [6, 6.07) is 7.53. The Hall–Kier alpha value is -4.60. The van der Waals surface area contributed by atoms with Crippen LogP contribution in [0, 0.1) is 16.0 Å². The van der Waals surface area contributed by atoms with Gasteiger partial charge < -0.3 is 24.2 Å². The normalized spacial score (nSPS) is 16.4. The van der Waals surface area contributed by atoms with Crippen molar-refractivity contribution in [3.63, 3.8) is 0 Å². The number of nitro benzene ring substituents is 1. The first-order chi connectivity index (χ1) is 29.2. The van der Waals surface area contributed by atoms with E-state index in [0.29, 0.717) is 57.6 Å². The quantitative estimate of drug-likeness (QED) is 0.0311. The lowest BCUT2D eigenvalue weighted by atomic mass is 9.81. The Kier molecular flexibility index (Phi) is 21.2. The number of esters is 1. The Morgan fingerprint density at radius 1 is 0.984 bits per heavy atom. The van der Waals surface area contributed by atoms with Gasteiger partial charge >= 0.3 is 11.9 Å². The molecule has 24 heteroatoms. The number of nitro groups is 1. The summed E-state index contributed by atoms with van der Waals surface area (Å²) in [7, 11) is -7.40. The number of Topliss-reactive ketones (excluding diaryl/α,β-unsaturated/α-hetero) is 3. The number of halogens is 2. The molecule has 0 saturated heterocycles. The van der Waals surface area contributed by atoms with Gasteiger partial charge in [-0.15, -0.1) is 0 Å². The summed E-state index contributed by atoms with van der Waals surface area (Å²) in [6.07, 6.45) is 11.7. The molecule has 63 heavy (non-hydrogen) atoms. The van der Waals surface area contributed by atoms with Gasteiger partial charge in [-0.3, -0.25) is 44.2 Å². The molecule has 1 heterocycles. The third kappa shape index (κ3) is 16.8. The van der Waals surface area contributed by atoms with Gasteiger partial charge in [-0.2, -0.15) is 0 Å². The molecule has 2 aromatic rings. The third-order valence-corrected chi connectivity index (χ3v) is 10.9. The molecule has 344 valence electrons. The summed E-state index contributed by atoms with van der Waals surface area (Å²) in [6.45, 7) is 1.40. The van der Waals surface area contributed by atoms with E-state index in [1.807, 2.05) is 5.32 Å². The second-order valence-corrected chi connectivity index (χ2v) is 21.0. The van der Waals surface area contributed by atoms with Crippen LogP contribution < -0.4 is 15.1 Å². The van der Waals surface area contributed by atoms with E-state index in [9.17, 15) is 61.6 Å². The fourth-order valence-corrected chi connectivity index (χ4v) is 7.29. The summed E-state index contributed by atoms with van der Waals surface area (Å²) in [5, 5.41) is 21.3. The van der Waals surface area contributed by atoms with Gasteiger partial charge in [0.1, 0.15) is 18.5 Å². The van der Waals surface area contributed by atoms with Crippen molar-refractivity contribution in [2.75, 3.05) is 49.4 Å². The number of amides is 2. The van der Waals surface area contributed by atoms with Crippen LogP contribution in [0.1, 0.15) is 67.8 Å². The molecule has 1 fully saturated rings. The van der Waals surface area contributed by atoms with Crippen molar-refractivity contribution in [2.24, 2.45) is 5.92 Å². The molecule has 2 aliphatic carbocycles. The van der Waals surface area contributed by atoms with Crippen LogP contribution in [0.5, 0.6) is 0 Å². The molecule has 2 amide bonds. The van der Waals surface area contributed by atoms with Crippen molar-refractivity contribution >= 4 is 110 Å². The van der Waals surface area contributed by atoms with Crippen molar-refractivity contribution < 1.29 is 71.1 Å². The maximum Gasteiger partial charge on any atom is 0.349 e. The Balaban J connectivity index is 0.000000337. The number of aliphatic carboxylic acids is 1. The molecule has 1 atom stereocenters. The monoisotopic (exact) mass is 977 g/mol. The minimum absolute atomic E-state index is 0.0668. The molecule has 2 aromatic carbocycles. The molecular formula is C39H46Cl2N3O16PS2. The standard InChI is InChI=1S/C19H17Cl2NO4.C14H13NO7S.C3H8NO5P.C3H9S/c1-2-26-19(25)16(21)10-11-9-12(7-8-15(11)20)22-17(23)13-5-3-4-6-14(13)18(22)24;1-23(21,22)8-5-6-9(10(7-8)15(19)20)14(18)13-11(16)3-2-4-12(13)17;5-3(6)1-4-2-10(7,8)9;1-4(2)3/h7-10H,2-6H2,1H3;5-7,13H,2-4H2,1H3;4H,1-2H2,(H,5,6)(H2,7,8,9);1-3H3/q;;;+1/p-1/b16-10-;;;. The van der Waals surface area contributed by atoms with Crippen LogP contribution in [0.4, 0.5) is 11.4 Å². The second kappa shape index (κ2) is 24.5. The number of carbonyl (C=O) groups excluding carboxylic acids is 6. The van der Waals surface area contributed by atoms with E-state index >= 15 is 0 Å². The smallest absolute Gasteiger partial charge is 0.349 e. The Morgan fingerprint density at radius 2 is 1.52 bits per heavy atom. The van der Waals surface area contributed by atoms with Crippen LogP contribution in [0.25, 0.3) is 6.08 Å². The molecule has 19 nitrogen and oxygen atoms in total. The number of nitrogens with one attached hydrogen (secondary N) is 1. The average Bonchev–Trinajstić information content (AvgIpc) is 3.43. The number of imide groups is 1. The van der Waals surface area contributed by atoms with Crippen LogP contribution in [-0.4, -0.2) is 109 Å². The molecule has 3 N–H and O–H groups in total. The van der Waals surface area contributed by atoms with Gasteiger partial charge in [0.25, 0.3) is 17.5 Å². The van der Waals surface area contributed by atoms with Gasteiger partial charge in [0.15, 0.2) is 27.2 Å². The predicted molar refractivity (Wildman–Crippen MR) is 233 cm³/mol. The number of carboxylic acid groups (broad SMARTS) is 1. The van der Waals surface area contributed by atoms with Crippen LogP contribution in [-0.2, 0) is 58.8 Å². The minimum atomic E-state index is -4.35. The number of ketones is 3. The molecule has 0 aromatic heterocycles. The molecule has 1 unspecified atom stereocenters. The average molecular weight is 979 g/mol. The third-order valence-electron chi connectivity index (χ3n) is 8.58. The Labute approximate surface area is 375 Å². The van der Waals surface area contributed by atoms with Crippen molar-refractivity contribution in [3.8, 4) is 0 Å². The van der Waals surface area contributed by atoms with E-state index in [1.165, 1.54) is 11.0 Å². The van der Waals surface area contributed by atoms with Gasteiger partial charge in [0, 0.05) is 41.3 Å². The van der Waals surface area contributed by atoms with Crippen molar-refractivity contribution in [1.29, 1.82) is 0 Å². The molecular weight excluding hydrogens is 932 g/mol. The van der Waals surface area contributed by atoms with E-state index < -0.39 is 81.6 Å². The lowest BCUT2D eigenvalue weighted by Crippen LogP contribution is -2.35. The van der Waals surface area contributed by atoms with E-state index in [2.05, 4.69) is 18.8 Å². The van der Waals surface area contributed by atoms with Gasteiger partial charge in [-0.25, -0.2) is 18.1 Å². The number of hydrogen-bond acceptors (Lipinski definition) is 15.